The fraction of sp³-hybridized carbons (Fsp3) is 1.00. The lowest BCUT2D eigenvalue weighted by Gasteiger charge is -2.53. The molecule has 0 bridgehead atoms. The predicted molar refractivity (Wildman–Crippen MR) is 54.1 cm³/mol. The maximum atomic E-state index is 13.3. The van der Waals surface area contributed by atoms with Crippen LogP contribution in [0.1, 0.15) is 33.6 Å². The number of rotatable bonds is 3. The lowest BCUT2D eigenvalue weighted by molar-refractivity contribution is -0.0960. The van der Waals surface area contributed by atoms with Gasteiger partial charge in [-0.05, 0) is 27.2 Å². The van der Waals surface area contributed by atoms with Crippen LogP contribution in [-0.4, -0.2) is 41.9 Å². The summed E-state index contributed by atoms with van der Waals surface area (Å²) in [5.41, 5.74) is 0.0447. The molecule has 0 aliphatic carbocycles. The van der Waals surface area contributed by atoms with Gasteiger partial charge in [0.25, 0.3) is 0 Å². The number of halogens is 1. The molecule has 82 valence electrons. The summed E-state index contributed by atoms with van der Waals surface area (Å²) in [6.45, 7) is 7.56. The minimum absolute atomic E-state index is 0.0447. The zero-order valence-electron chi connectivity index (χ0n) is 9.29. The van der Waals surface area contributed by atoms with Crippen molar-refractivity contribution in [2.75, 3.05) is 13.2 Å². The third-order valence-corrected chi connectivity index (χ3v) is 3.50. The quantitative estimate of drug-likeness (QED) is 0.692. The van der Waals surface area contributed by atoms with Crippen molar-refractivity contribution in [2.45, 2.75) is 57.5 Å². The van der Waals surface area contributed by atoms with Gasteiger partial charge in [-0.3, -0.25) is 4.90 Å². The smallest absolute Gasteiger partial charge is 0.115 e. The van der Waals surface area contributed by atoms with Crippen molar-refractivity contribution in [2.24, 2.45) is 0 Å². The standard InChI is InChI=1S/C11H20FNO/c1-8(2)14-7-11-4-9(3)13(11)6-10(12)5-11/h8-10H,4-7H2,1-3H3/t9-,10-,11+/m1/s1. The zero-order chi connectivity index (χ0) is 10.3. The molecule has 2 rings (SSSR count). The summed E-state index contributed by atoms with van der Waals surface area (Å²) in [5, 5.41) is 0. The molecular weight excluding hydrogens is 181 g/mol. The third-order valence-electron chi connectivity index (χ3n) is 3.50. The Labute approximate surface area is 85.4 Å². The molecule has 2 nitrogen and oxygen atoms in total. The van der Waals surface area contributed by atoms with Crippen LogP contribution in [0.4, 0.5) is 4.39 Å². The number of alkyl halides is 1. The van der Waals surface area contributed by atoms with Gasteiger partial charge >= 0.3 is 0 Å². The number of ether oxygens (including phenoxy) is 1. The first-order valence-electron chi connectivity index (χ1n) is 5.56. The second-order valence-corrected chi connectivity index (χ2v) is 5.09. The molecule has 3 heteroatoms. The highest BCUT2D eigenvalue weighted by Gasteiger charge is 2.56. The van der Waals surface area contributed by atoms with E-state index in [-0.39, 0.29) is 11.6 Å². The maximum Gasteiger partial charge on any atom is 0.115 e. The Hall–Kier alpha value is -0.150. The van der Waals surface area contributed by atoms with Crippen molar-refractivity contribution in [1.29, 1.82) is 0 Å². The third kappa shape index (κ3) is 1.57. The fourth-order valence-corrected chi connectivity index (χ4v) is 2.92. The van der Waals surface area contributed by atoms with E-state index < -0.39 is 6.17 Å². The molecule has 0 aromatic carbocycles. The molecule has 2 aliphatic heterocycles. The Kier molecular flexibility index (Phi) is 2.56. The molecule has 0 unspecified atom stereocenters. The van der Waals surface area contributed by atoms with Gasteiger partial charge in [-0.2, -0.15) is 0 Å². The van der Waals surface area contributed by atoms with Crippen LogP contribution in [0.3, 0.4) is 0 Å². The van der Waals surface area contributed by atoms with Crippen LogP contribution in [0.5, 0.6) is 0 Å². The van der Waals surface area contributed by atoms with E-state index >= 15 is 0 Å². The van der Waals surface area contributed by atoms with Crippen LogP contribution in [-0.2, 0) is 4.74 Å². The van der Waals surface area contributed by atoms with Crippen LogP contribution < -0.4 is 0 Å². The highest BCUT2D eigenvalue weighted by atomic mass is 19.1. The van der Waals surface area contributed by atoms with Crippen LogP contribution in [0, 0.1) is 0 Å². The second-order valence-electron chi connectivity index (χ2n) is 5.09. The summed E-state index contributed by atoms with van der Waals surface area (Å²) >= 11 is 0. The largest absolute Gasteiger partial charge is 0.377 e. The molecule has 0 N–H and O–H groups in total. The van der Waals surface area contributed by atoms with Gasteiger partial charge in [0.15, 0.2) is 0 Å². The van der Waals surface area contributed by atoms with E-state index in [2.05, 4.69) is 11.8 Å². The first kappa shape index (κ1) is 10.4. The highest BCUT2D eigenvalue weighted by molar-refractivity contribution is 5.10. The van der Waals surface area contributed by atoms with E-state index in [1.54, 1.807) is 0 Å². The lowest BCUT2D eigenvalue weighted by Crippen LogP contribution is -2.63. The SMILES string of the molecule is CC(C)OC[C@]12C[C@@H](F)CN1[C@H](C)C2. The van der Waals surface area contributed by atoms with Crippen molar-refractivity contribution in [3.8, 4) is 0 Å². The lowest BCUT2D eigenvalue weighted by atomic mass is 9.80. The Bertz CT molecular complexity index is 221. The minimum Gasteiger partial charge on any atom is -0.377 e. The van der Waals surface area contributed by atoms with Gasteiger partial charge in [0, 0.05) is 24.5 Å². The zero-order valence-corrected chi connectivity index (χ0v) is 9.29. The monoisotopic (exact) mass is 201 g/mol. The van der Waals surface area contributed by atoms with E-state index in [0.29, 0.717) is 25.6 Å². The van der Waals surface area contributed by atoms with E-state index in [1.807, 2.05) is 13.8 Å². The Balaban J connectivity index is 1.95. The molecule has 3 atom stereocenters. The molecule has 0 amide bonds. The topological polar surface area (TPSA) is 12.5 Å². The summed E-state index contributed by atoms with van der Waals surface area (Å²) in [6.07, 6.45) is 1.38. The summed E-state index contributed by atoms with van der Waals surface area (Å²) < 4.78 is 18.9. The normalized spacial score (nSPS) is 42.6. The van der Waals surface area contributed by atoms with Crippen molar-refractivity contribution in [3.05, 3.63) is 0 Å². The Morgan fingerprint density at radius 3 is 2.79 bits per heavy atom. The van der Waals surface area contributed by atoms with Gasteiger partial charge in [-0.25, -0.2) is 4.39 Å². The average Bonchev–Trinajstić information content (AvgIpc) is 2.35. The van der Waals surface area contributed by atoms with Crippen molar-refractivity contribution in [3.63, 3.8) is 0 Å². The van der Waals surface area contributed by atoms with Crippen molar-refractivity contribution < 1.29 is 9.13 Å². The molecule has 2 saturated heterocycles. The van der Waals surface area contributed by atoms with Gasteiger partial charge in [-0.1, -0.05) is 0 Å². The minimum atomic E-state index is -0.643. The molecule has 0 radical (unpaired) electrons. The highest BCUT2D eigenvalue weighted by Crippen LogP contribution is 2.46. The van der Waals surface area contributed by atoms with Gasteiger partial charge in [0.05, 0.1) is 12.7 Å². The van der Waals surface area contributed by atoms with Crippen LogP contribution in [0.25, 0.3) is 0 Å². The summed E-state index contributed by atoms with van der Waals surface area (Å²) in [5.74, 6) is 0. The molecule has 0 saturated carbocycles. The van der Waals surface area contributed by atoms with Gasteiger partial charge in [-0.15, -0.1) is 0 Å². The average molecular weight is 201 g/mol. The number of nitrogens with zero attached hydrogens (tertiary/aromatic N) is 1. The van der Waals surface area contributed by atoms with E-state index in [0.717, 1.165) is 6.42 Å². The fourth-order valence-electron chi connectivity index (χ4n) is 2.92. The second kappa shape index (κ2) is 3.46. The van der Waals surface area contributed by atoms with E-state index in [9.17, 15) is 4.39 Å². The summed E-state index contributed by atoms with van der Waals surface area (Å²) in [7, 11) is 0. The molecule has 0 spiro atoms. The Morgan fingerprint density at radius 2 is 2.21 bits per heavy atom. The molecular formula is C11H20FNO. The van der Waals surface area contributed by atoms with Crippen LogP contribution >= 0.6 is 0 Å². The molecule has 2 heterocycles. The van der Waals surface area contributed by atoms with Gasteiger partial charge in [0.2, 0.25) is 0 Å². The molecule has 0 aromatic rings. The number of fused-ring (bicyclic) bond motifs is 1. The predicted octanol–water partition coefficient (Wildman–Crippen LogP) is 1.99. The first-order chi connectivity index (χ1) is 6.53. The number of hydrogen-bond acceptors (Lipinski definition) is 2. The number of hydrogen-bond donors (Lipinski definition) is 0. The summed E-state index contributed by atoms with van der Waals surface area (Å²) in [4.78, 5) is 2.28. The first-order valence-corrected chi connectivity index (χ1v) is 5.56. The molecule has 0 aromatic heterocycles. The molecule has 2 fully saturated rings. The van der Waals surface area contributed by atoms with E-state index in [1.165, 1.54) is 0 Å². The molecule has 2 aliphatic rings. The summed E-state index contributed by atoms with van der Waals surface area (Å²) in [6, 6.07) is 0.548. The van der Waals surface area contributed by atoms with E-state index in [4.69, 9.17) is 4.74 Å². The van der Waals surface area contributed by atoms with Crippen LogP contribution in [0.2, 0.25) is 0 Å². The van der Waals surface area contributed by atoms with Gasteiger partial charge < -0.3 is 4.74 Å². The van der Waals surface area contributed by atoms with Crippen molar-refractivity contribution in [1.82, 2.24) is 4.90 Å². The van der Waals surface area contributed by atoms with Gasteiger partial charge in [0.1, 0.15) is 6.17 Å². The molecule has 14 heavy (non-hydrogen) atoms. The van der Waals surface area contributed by atoms with Crippen molar-refractivity contribution >= 4 is 0 Å². The maximum absolute atomic E-state index is 13.3. The van der Waals surface area contributed by atoms with Crippen LogP contribution in [0.15, 0.2) is 0 Å². The Morgan fingerprint density at radius 1 is 1.50 bits per heavy atom.